The lowest BCUT2D eigenvalue weighted by Crippen LogP contribution is -2.49. The van der Waals surface area contributed by atoms with E-state index in [1.165, 1.54) is 16.7 Å². The second-order valence-electron chi connectivity index (χ2n) is 7.74. The van der Waals surface area contributed by atoms with Gasteiger partial charge in [-0.3, -0.25) is 9.59 Å². The Morgan fingerprint density at radius 2 is 1.62 bits per heavy atom. The quantitative estimate of drug-likeness (QED) is 0.576. The Morgan fingerprint density at radius 1 is 0.938 bits per heavy atom. The first-order chi connectivity index (χ1) is 15.7. The molecule has 1 N–H and O–H groups in total. The average molecular weight is 434 g/mol. The van der Waals surface area contributed by atoms with Crippen molar-refractivity contribution in [2.45, 2.75) is 18.9 Å². The fourth-order valence-corrected chi connectivity index (χ4v) is 3.88. The van der Waals surface area contributed by atoms with Gasteiger partial charge in [0, 0.05) is 51.3 Å². The molecule has 0 radical (unpaired) electrons. The topological polar surface area (TPSA) is 96.2 Å². The number of hydrogen-bond donors (Lipinski definition) is 1. The normalized spacial score (nSPS) is 14.8. The smallest absolute Gasteiger partial charge is 0.245 e. The average Bonchev–Trinajstić information content (AvgIpc) is 3.38. The molecule has 4 rings (SSSR count). The molecule has 1 atom stereocenters. The molecule has 3 aromatic rings. The maximum atomic E-state index is 12.8. The van der Waals surface area contributed by atoms with Crippen LogP contribution in [0.15, 0.2) is 67.0 Å². The highest BCUT2D eigenvalue weighted by Gasteiger charge is 2.24. The number of carbonyl (C=O) groups excluding carboxylic acids is 2. The van der Waals surface area contributed by atoms with Gasteiger partial charge >= 0.3 is 0 Å². The van der Waals surface area contributed by atoms with Crippen LogP contribution in [0, 0.1) is 0 Å². The highest BCUT2D eigenvalue weighted by molar-refractivity contribution is 5.82. The fraction of sp³-hybridized carbons (Fsp3) is 0.348. The van der Waals surface area contributed by atoms with E-state index >= 15 is 0 Å². The second kappa shape index (κ2) is 10.5. The van der Waals surface area contributed by atoms with Crippen molar-refractivity contribution in [1.29, 1.82) is 0 Å². The fourth-order valence-electron chi connectivity index (χ4n) is 3.88. The molecule has 32 heavy (non-hydrogen) atoms. The number of amides is 2. The van der Waals surface area contributed by atoms with Gasteiger partial charge in [-0.25, -0.2) is 4.68 Å². The number of hydrogen-bond acceptors (Lipinski definition) is 6. The van der Waals surface area contributed by atoms with Gasteiger partial charge in [0.25, 0.3) is 0 Å². The summed E-state index contributed by atoms with van der Waals surface area (Å²) in [6.45, 7) is 3.26. The maximum Gasteiger partial charge on any atom is 0.245 e. The Morgan fingerprint density at radius 3 is 2.28 bits per heavy atom. The van der Waals surface area contributed by atoms with Crippen LogP contribution in [-0.2, 0) is 16.0 Å². The molecule has 1 aliphatic rings. The second-order valence-corrected chi connectivity index (χ2v) is 7.74. The predicted octanol–water partition coefficient (Wildman–Crippen LogP) is 1.31. The lowest BCUT2D eigenvalue weighted by atomic mass is 10.1. The van der Waals surface area contributed by atoms with Crippen molar-refractivity contribution in [1.82, 2.24) is 30.4 Å². The third kappa shape index (κ3) is 5.48. The summed E-state index contributed by atoms with van der Waals surface area (Å²) in [6, 6.07) is 19.4. The third-order valence-electron chi connectivity index (χ3n) is 5.65. The van der Waals surface area contributed by atoms with Crippen molar-refractivity contribution in [2.24, 2.45) is 0 Å². The van der Waals surface area contributed by atoms with E-state index in [9.17, 15) is 9.59 Å². The van der Waals surface area contributed by atoms with Gasteiger partial charge in [0.05, 0.1) is 0 Å². The van der Waals surface area contributed by atoms with Crippen molar-refractivity contribution in [3.05, 3.63) is 72.6 Å². The molecule has 0 saturated carbocycles. The van der Waals surface area contributed by atoms with Crippen molar-refractivity contribution < 1.29 is 9.59 Å². The van der Waals surface area contributed by atoms with Crippen molar-refractivity contribution in [3.63, 3.8) is 0 Å². The lowest BCUT2D eigenvalue weighted by Gasteiger charge is -2.36. The third-order valence-corrected chi connectivity index (χ3v) is 5.65. The summed E-state index contributed by atoms with van der Waals surface area (Å²) in [4.78, 5) is 29.6. The van der Waals surface area contributed by atoms with Crippen molar-refractivity contribution in [2.75, 3.05) is 37.6 Å². The van der Waals surface area contributed by atoms with E-state index < -0.39 is 6.04 Å². The van der Waals surface area contributed by atoms with E-state index in [0.717, 1.165) is 18.7 Å². The van der Waals surface area contributed by atoms with E-state index in [4.69, 9.17) is 0 Å². The number of benzene rings is 2. The van der Waals surface area contributed by atoms with Crippen LogP contribution >= 0.6 is 0 Å². The molecular weight excluding hydrogens is 406 g/mol. The first-order valence-electron chi connectivity index (χ1n) is 10.8. The summed E-state index contributed by atoms with van der Waals surface area (Å²) in [7, 11) is 0. The first-order valence-corrected chi connectivity index (χ1v) is 10.8. The molecule has 2 aromatic carbocycles. The Kier molecular flexibility index (Phi) is 7.06. The monoisotopic (exact) mass is 433 g/mol. The van der Waals surface area contributed by atoms with Gasteiger partial charge in [-0.15, -0.1) is 5.10 Å². The molecule has 1 fully saturated rings. The Labute approximate surface area is 187 Å². The molecule has 9 heteroatoms. The van der Waals surface area contributed by atoms with E-state index in [1.54, 1.807) is 0 Å². The zero-order valence-corrected chi connectivity index (χ0v) is 17.9. The molecular formula is C23H27N7O2. The number of carbonyl (C=O) groups is 2. The minimum atomic E-state index is -0.572. The number of para-hydroxylation sites is 1. The van der Waals surface area contributed by atoms with Crippen LogP contribution in [0.4, 0.5) is 5.69 Å². The molecule has 1 saturated heterocycles. The van der Waals surface area contributed by atoms with Gasteiger partial charge in [0.15, 0.2) is 0 Å². The standard InChI is InChI=1S/C23H27N7O2/c31-22(29-15-13-28(14-16-29)20-9-5-2-6-10-20)11-12-24-23(32)21(30-18-25-26-27-30)17-19-7-3-1-4-8-19/h1-10,18,21H,11-17H2,(H,24,32). The first kappa shape index (κ1) is 21.5. The van der Waals surface area contributed by atoms with E-state index in [-0.39, 0.29) is 24.8 Å². The van der Waals surface area contributed by atoms with Crippen molar-refractivity contribution in [3.8, 4) is 0 Å². The van der Waals surface area contributed by atoms with Crippen LogP contribution in [0.25, 0.3) is 0 Å². The Balaban J connectivity index is 1.25. The highest BCUT2D eigenvalue weighted by atomic mass is 16.2. The van der Waals surface area contributed by atoms with E-state index in [2.05, 4.69) is 37.9 Å². The lowest BCUT2D eigenvalue weighted by molar-refractivity contribution is -0.131. The molecule has 166 valence electrons. The van der Waals surface area contributed by atoms with E-state index in [1.807, 2.05) is 53.4 Å². The van der Waals surface area contributed by atoms with Crippen LogP contribution in [0.2, 0.25) is 0 Å². The molecule has 0 spiro atoms. The highest BCUT2D eigenvalue weighted by Crippen LogP contribution is 2.16. The number of rotatable bonds is 8. The molecule has 2 heterocycles. The molecule has 9 nitrogen and oxygen atoms in total. The predicted molar refractivity (Wildman–Crippen MR) is 120 cm³/mol. The summed E-state index contributed by atoms with van der Waals surface area (Å²) >= 11 is 0. The summed E-state index contributed by atoms with van der Waals surface area (Å²) in [6.07, 6.45) is 2.17. The molecule has 2 amide bonds. The number of piperazine rings is 1. The maximum absolute atomic E-state index is 12.8. The summed E-state index contributed by atoms with van der Waals surface area (Å²) < 4.78 is 1.45. The number of nitrogens with zero attached hydrogens (tertiary/aromatic N) is 6. The SMILES string of the molecule is O=C(NCCC(=O)N1CCN(c2ccccc2)CC1)C(Cc1ccccc1)n1cnnn1. The molecule has 1 aromatic heterocycles. The minimum Gasteiger partial charge on any atom is -0.368 e. The number of aromatic nitrogens is 4. The molecule has 0 bridgehead atoms. The zero-order chi connectivity index (χ0) is 22.2. The number of nitrogens with one attached hydrogen (secondary N) is 1. The van der Waals surface area contributed by atoms with Crippen LogP contribution in [0.3, 0.4) is 0 Å². The Hall–Kier alpha value is -3.75. The summed E-state index contributed by atoms with van der Waals surface area (Å²) in [5, 5.41) is 14.1. The van der Waals surface area contributed by atoms with Gasteiger partial charge in [0.2, 0.25) is 11.8 Å². The minimum absolute atomic E-state index is 0.0556. The van der Waals surface area contributed by atoms with Crippen LogP contribution in [-0.4, -0.2) is 69.6 Å². The van der Waals surface area contributed by atoms with Crippen molar-refractivity contribution >= 4 is 17.5 Å². The van der Waals surface area contributed by atoms with Crippen LogP contribution in [0.1, 0.15) is 18.0 Å². The summed E-state index contributed by atoms with van der Waals surface area (Å²) in [5.74, 6) is -0.150. The van der Waals surface area contributed by atoms with Crippen LogP contribution < -0.4 is 10.2 Å². The van der Waals surface area contributed by atoms with Gasteiger partial charge < -0.3 is 15.1 Å². The van der Waals surface area contributed by atoms with Gasteiger partial charge in [-0.1, -0.05) is 48.5 Å². The number of tetrazole rings is 1. The Bertz CT molecular complexity index is 988. The summed E-state index contributed by atoms with van der Waals surface area (Å²) in [5.41, 5.74) is 2.19. The van der Waals surface area contributed by atoms with Crippen LogP contribution in [0.5, 0.6) is 0 Å². The van der Waals surface area contributed by atoms with Gasteiger partial charge in [-0.05, 0) is 28.1 Å². The van der Waals surface area contributed by atoms with Gasteiger partial charge in [-0.2, -0.15) is 0 Å². The zero-order valence-electron chi connectivity index (χ0n) is 17.9. The number of anilines is 1. The van der Waals surface area contributed by atoms with Gasteiger partial charge in [0.1, 0.15) is 12.4 Å². The molecule has 1 unspecified atom stereocenters. The molecule has 0 aliphatic carbocycles. The van der Waals surface area contributed by atoms with E-state index in [0.29, 0.717) is 19.5 Å². The molecule has 1 aliphatic heterocycles. The largest absolute Gasteiger partial charge is 0.368 e.